The van der Waals surface area contributed by atoms with Crippen molar-refractivity contribution in [3.05, 3.63) is 35.6 Å². The van der Waals surface area contributed by atoms with Crippen LogP contribution in [-0.2, 0) is 16.1 Å². The summed E-state index contributed by atoms with van der Waals surface area (Å²) in [5, 5.41) is 12.1. The maximum Gasteiger partial charge on any atom is 0.310 e. The first kappa shape index (κ1) is 15.5. The molecule has 2 N–H and O–H groups in total. The van der Waals surface area contributed by atoms with E-state index < -0.39 is 11.4 Å². The molecule has 0 atom stereocenters. The van der Waals surface area contributed by atoms with Gasteiger partial charge in [0, 0.05) is 13.0 Å². The van der Waals surface area contributed by atoms with Crippen molar-refractivity contribution in [2.75, 3.05) is 0 Å². The third kappa shape index (κ3) is 4.03. The van der Waals surface area contributed by atoms with Crippen molar-refractivity contribution in [2.24, 2.45) is 5.41 Å². The number of halogens is 1. The van der Waals surface area contributed by atoms with Crippen molar-refractivity contribution < 1.29 is 19.1 Å². The molecule has 1 saturated carbocycles. The van der Waals surface area contributed by atoms with Crippen molar-refractivity contribution in [3.8, 4) is 0 Å². The second-order valence-corrected chi connectivity index (χ2v) is 5.73. The lowest BCUT2D eigenvalue weighted by atomic mass is 9.71. The molecule has 0 spiro atoms. The van der Waals surface area contributed by atoms with Gasteiger partial charge in [0.1, 0.15) is 5.82 Å². The van der Waals surface area contributed by atoms with Crippen molar-refractivity contribution in [2.45, 2.75) is 45.1 Å². The van der Waals surface area contributed by atoms with Crippen LogP contribution in [0, 0.1) is 11.2 Å². The SMILES string of the molecule is O=C(CC1(C(=O)O)CCCCC1)NCc1cccc(F)c1. The molecule has 1 fully saturated rings. The third-order valence-corrected chi connectivity index (χ3v) is 4.14. The van der Waals surface area contributed by atoms with Gasteiger partial charge in [-0.25, -0.2) is 4.39 Å². The van der Waals surface area contributed by atoms with Gasteiger partial charge in [-0.05, 0) is 30.5 Å². The molecule has 1 aromatic carbocycles. The fraction of sp³-hybridized carbons (Fsp3) is 0.500. The van der Waals surface area contributed by atoms with E-state index in [0.717, 1.165) is 19.3 Å². The highest BCUT2D eigenvalue weighted by atomic mass is 19.1. The number of benzene rings is 1. The highest BCUT2D eigenvalue weighted by molar-refractivity contribution is 5.85. The second-order valence-electron chi connectivity index (χ2n) is 5.73. The zero-order valence-electron chi connectivity index (χ0n) is 11.9. The van der Waals surface area contributed by atoms with Crippen LogP contribution in [0.2, 0.25) is 0 Å². The first-order chi connectivity index (χ1) is 10.0. The number of hydrogen-bond acceptors (Lipinski definition) is 2. The normalized spacial score (nSPS) is 17.2. The average Bonchev–Trinajstić information content (AvgIpc) is 2.46. The molecule has 0 saturated heterocycles. The third-order valence-electron chi connectivity index (χ3n) is 4.14. The molecule has 0 aromatic heterocycles. The van der Waals surface area contributed by atoms with Gasteiger partial charge >= 0.3 is 5.97 Å². The van der Waals surface area contributed by atoms with E-state index in [1.54, 1.807) is 12.1 Å². The highest BCUT2D eigenvalue weighted by Crippen LogP contribution is 2.39. The molecule has 0 radical (unpaired) electrons. The minimum Gasteiger partial charge on any atom is -0.481 e. The molecule has 1 aliphatic rings. The minimum absolute atomic E-state index is 0.00233. The maximum atomic E-state index is 13.0. The zero-order chi connectivity index (χ0) is 15.3. The molecule has 114 valence electrons. The monoisotopic (exact) mass is 293 g/mol. The van der Waals surface area contributed by atoms with Gasteiger partial charge in [-0.15, -0.1) is 0 Å². The molecular formula is C16H20FNO3. The van der Waals surface area contributed by atoms with Crippen LogP contribution >= 0.6 is 0 Å². The lowest BCUT2D eigenvalue weighted by Gasteiger charge is -2.32. The molecular weight excluding hydrogens is 273 g/mol. The molecule has 2 rings (SSSR count). The zero-order valence-corrected chi connectivity index (χ0v) is 11.9. The standard InChI is InChI=1S/C16H20FNO3/c17-13-6-4-5-12(9-13)11-18-14(19)10-16(15(20)21)7-2-1-3-8-16/h4-6,9H,1-3,7-8,10-11H2,(H,18,19)(H,20,21). The molecule has 0 aliphatic heterocycles. The molecule has 5 heteroatoms. The lowest BCUT2D eigenvalue weighted by molar-refractivity contribution is -0.154. The van der Waals surface area contributed by atoms with Crippen molar-refractivity contribution in [1.29, 1.82) is 0 Å². The highest BCUT2D eigenvalue weighted by Gasteiger charge is 2.41. The van der Waals surface area contributed by atoms with Crippen LogP contribution in [0.5, 0.6) is 0 Å². The summed E-state index contributed by atoms with van der Waals surface area (Å²) in [5.74, 6) is -1.53. The first-order valence-corrected chi connectivity index (χ1v) is 7.26. The Balaban J connectivity index is 1.92. The van der Waals surface area contributed by atoms with Crippen LogP contribution in [0.3, 0.4) is 0 Å². The van der Waals surface area contributed by atoms with E-state index in [9.17, 15) is 19.1 Å². The Bertz CT molecular complexity index is 524. The van der Waals surface area contributed by atoms with Crippen LogP contribution in [-0.4, -0.2) is 17.0 Å². The number of amides is 1. The van der Waals surface area contributed by atoms with E-state index in [0.29, 0.717) is 18.4 Å². The number of carbonyl (C=O) groups excluding carboxylic acids is 1. The Labute approximate surface area is 123 Å². The van der Waals surface area contributed by atoms with E-state index in [1.807, 2.05) is 0 Å². The number of hydrogen-bond donors (Lipinski definition) is 2. The summed E-state index contributed by atoms with van der Waals surface area (Å²) in [6.45, 7) is 0.215. The van der Waals surface area contributed by atoms with E-state index in [4.69, 9.17) is 0 Å². The molecule has 1 amide bonds. The number of carboxylic acids is 1. The van der Waals surface area contributed by atoms with Gasteiger partial charge in [-0.2, -0.15) is 0 Å². The van der Waals surface area contributed by atoms with E-state index in [-0.39, 0.29) is 24.7 Å². The summed E-state index contributed by atoms with van der Waals surface area (Å²) in [4.78, 5) is 23.5. The van der Waals surface area contributed by atoms with Crippen LogP contribution in [0.25, 0.3) is 0 Å². The van der Waals surface area contributed by atoms with Crippen molar-refractivity contribution in [1.82, 2.24) is 5.32 Å². The summed E-state index contributed by atoms with van der Waals surface area (Å²) < 4.78 is 13.0. The summed E-state index contributed by atoms with van der Waals surface area (Å²) in [6.07, 6.45) is 3.83. The van der Waals surface area contributed by atoms with Gasteiger partial charge in [-0.1, -0.05) is 31.4 Å². The van der Waals surface area contributed by atoms with Gasteiger partial charge in [0.2, 0.25) is 5.91 Å². The second kappa shape index (κ2) is 6.70. The minimum atomic E-state index is -0.926. The summed E-state index contributed by atoms with van der Waals surface area (Å²) in [5.41, 5.74) is -0.263. The summed E-state index contributed by atoms with van der Waals surface area (Å²) in [7, 11) is 0. The summed E-state index contributed by atoms with van der Waals surface area (Å²) in [6, 6.07) is 5.99. The molecule has 0 bridgehead atoms. The molecule has 21 heavy (non-hydrogen) atoms. The van der Waals surface area contributed by atoms with Gasteiger partial charge < -0.3 is 10.4 Å². The smallest absolute Gasteiger partial charge is 0.310 e. The van der Waals surface area contributed by atoms with Crippen LogP contribution < -0.4 is 5.32 Å². The molecule has 1 aromatic rings. The Morgan fingerprint density at radius 1 is 1.24 bits per heavy atom. The molecule has 4 nitrogen and oxygen atoms in total. The number of carbonyl (C=O) groups is 2. The van der Waals surface area contributed by atoms with E-state index >= 15 is 0 Å². The number of rotatable bonds is 5. The van der Waals surface area contributed by atoms with Crippen LogP contribution in [0.1, 0.15) is 44.1 Å². The molecule has 0 unspecified atom stereocenters. The molecule has 0 heterocycles. The topological polar surface area (TPSA) is 66.4 Å². The number of nitrogens with one attached hydrogen (secondary N) is 1. The lowest BCUT2D eigenvalue weighted by Crippen LogP contribution is -2.39. The van der Waals surface area contributed by atoms with Gasteiger partial charge in [0.25, 0.3) is 0 Å². The Morgan fingerprint density at radius 3 is 2.57 bits per heavy atom. The Kier molecular flexibility index (Phi) is 4.94. The maximum absolute atomic E-state index is 13.0. The predicted octanol–water partition coefficient (Wildman–Crippen LogP) is 2.87. The summed E-state index contributed by atoms with van der Waals surface area (Å²) >= 11 is 0. The van der Waals surface area contributed by atoms with Gasteiger partial charge in [0.15, 0.2) is 0 Å². The quantitative estimate of drug-likeness (QED) is 0.877. The largest absolute Gasteiger partial charge is 0.481 e. The molecule has 1 aliphatic carbocycles. The van der Waals surface area contributed by atoms with Crippen molar-refractivity contribution >= 4 is 11.9 Å². The first-order valence-electron chi connectivity index (χ1n) is 7.26. The number of aliphatic carboxylic acids is 1. The fourth-order valence-corrected chi connectivity index (χ4v) is 2.91. The number of carboxylic acid groups (broad SMARTS) is 1. The van der Waals surface area contributed by atoms with E-state index in [1.165, 1.54) is 12.1 Å². The van der Waals surface area contributed by atoms with Crippen LogP contribution in [0.15, 0.2) is 24.3 Å². The van der Waals surface area contributed by atoms with Gasteiger partial charge in [-0.3, -0.25) is 9.59 Å². The predicted molar refractivity (Wildman–Crippen MR) is 76.0 cm³/mol. The van der Waals surface area contributed by atoms with Crippen molar-refractivity contribution in [3.63, 3.8) is 0 Å². The van der Waals surface area contributed by atoms with Gasteiger partial charge in [0.05, 0.1) is 5.41 Å². The van der Waals surface area contributed by atoms with Crippen LogP contribution in [0.4, 0.5) is 4.39 Å². The fourth-order valence-electron chi connectivity index (χ4n) is 2.91. The Hall–Kier alpha value is -1.91. The average molecular weight is 293 g/mol. The van der Waals surface area contributed by atoms with E-state index in [2.05, 4.69) is 5.32 Å². The Morgan fingerprint density at radius 2 is 1.95 bits per heavy atom.